The summed E-state index contributed by atoms with van der Waals surface area (Å²) in [6, 6.07) is 8.16. The average molecular weight is 315 g/mol. The largest absolute Gasteiger partial charge is 0.207 e. The second kappa shape index (κ2) is 8.08. The van der Waals surface area contributed by atoms with Gasteiger partial charge < -0.3 is 0 Å². The Bertz CT molecular complexity index is 554. The summed E-state index contributed by atoms with van der Waals surface area (Å²) in [7, 11) is 0. The van der Waals surface area contributed by atoms with Gasteiger partial charge in [0.25, 0.3) is 0 Å². The van der Waals surface area contributed by atoms with Crippen molar-refractivity contribution in [3.63, 3.8) is 0 Å². The summed E-state index contributed by atoms with van der Waals surface area (Å²) in [5, 5.41) is 0.466. The van der Waals surface area contributed by atoms with E-state index in [9.17, 15) is 13.2 Å². The molecule has 2 rings (SSSR count). The van der Waals surface area contributed by atoms with Crippen LogP contribution < -0.4 is 0 Å². The van der Waals surface area contributed by atoms with Crippen LogP contribution in [0.25, 0.3) is 0 Å². The maximum absolute atomic E-state index is 12.7. The molecule has 0 aliphatic rings. The quantitative estimate of drug-likeness (QED) is 0.625. The second-order valence-electron chi connectivity index (χ2n) is 4.99. The van der Waals surface area contributed by atoms with Gasteiger partial charge in [-0.15, -0.1) is 0 Å². The summed E-state index contributed by atoms with van der Waals surface area (Å²) >= 11 is 5.65. The smallest absolute Gasteiger partial charge is 0.126 e. The molecular weight excluding hydrogens is 297 g/mol. The average Bonchev–Trinajstić information content (AvgIpc) is 2.37. The second-order valence-corrected chi connectivity index (χ2v) is 5.43. The fourth-order valence-corrected chi connectivity index (χ4v) is 1.95. The number of benzene rings is 2. The number of rotatable bonds is 2. The molecule has 0 aromatic heterocycles. The van der Waals surface area contributed by atoms with E-state index < -0.39 is 11.6 Å². The van der Waals surface area contributed by atoms with Crippen LogP contribution in [0.2, 0.25) is 5.02 Å². The van der Waals surface area contributed by atoms with Crippen molar-refractivity contribution in [2.45, 2.75) is 33.1 Å². The van der Waals surface area contributed by atoms with Crippen molar-refractivity contribution in [3.8, 4) is 0 Å². The molecule has 0 spiro atoms. The molecule has 0 fully saturated rings. The van der Waals surface area contributed by atoms with Gasteiger partial charge in [0.15, 0.2) is 0 Å². The highest BCUT2D eigenvalue weighted by Crippen LogP contribution is 2.20. The molecule has 0 nitrogen and oxygen atoms in total. The zero-order valence-electron chi connectivity index (χ0n) is 12.3. The van der Waals surface area contributed by atoms with Crippen molar-refractivity contribution in [1.29, 1.82) is 0 Å². The molecule has 0 atom stereocenters. The van der Waals surface area contributed by atoms with Gasteiger partial charge in [0, 0.05) is 11.1 Å². The van der Waals surface area contributed by atoms with Gasteiger partial charge in [-0.1, -0.05) is 32.4 Å². The molecule has 0 saturated carbocycles. The lowest BCUT2D eigenvalue weighted by molar-refractivity contribution is 0.580. The van der Waals surface area contributed by atoms with E-state index in [1.165, 1.54) is 24.3 Å². The summed E-state index contributed by atoms with van der Waals surface area (Å²) in [6.07, 6.45) is 0.661. The Labute approximate surface area is 128 Å². The molecule has 0 N–H and O–H groups in total. The Hall–Kier alpha value is -1.48. The summed E-state index contributed by atoms with van der Waals surface area (Å²) in [4.78, 5) is 0. The summed E-state index contributed by atoms with van der Waals surface area (Å²) in [5.41, 5.74) is 1.63. The Morgan fingerprint density at radius 3 is 1.81 bits per heavy atom. The molecule has 4 heteroatoms. The van der Waals surface area contributed by atoms with Gasteiger partial charge in [0.05, 0.1) is 0 Å². The van der Waals surface area contributed by atoms with Crippen LogP contribution in [-0.4, -0.2) is 0 Å². The molecule has 2 aromatic carbocycles. The van der Waals surface area contributed by atoms with E-state index in [0.717, 1.165) is 11.6 Å². The first kappa shape index (κ1) is 17.6. The molecule has 0 amide bonds. The van der Waals surface area contributed by atoms with Crippen LogP contribution >= 0.6 is 11.6 Å². The van der Waals surface area contributed by atoms with Gasteiger partial charge in [-0.05, 0) is 53.8 Å². The minimum atomic E-state index is -0.503. The maximum Gasteiger partial charge on any atom is 0.126 e. The van der Waals surface area contributed by atoms with Crippen molar-refractivity contribution in [3.05, 3.63) is 70.0 Å². The number of hydrogen-bond acceptors (Lipinski definition) is 0. The van der Waals surface area contributed by atoms with Crippen molar-refractivity contribution >= 4 is 11.6 Å². The molecule has 21 heavy (non-hydrogen) atoms. The van der Waals surface area contributed by atoms with E-state index in [-0.39, 0.29) is 5.82 Å². The first-order valence-electron chi connectivity index (χ1n) is 6.72. The van der Waals surface area contributed by atoms with Gasteiger partial charge in [-0.2, -0.15) is 0 Å². The Morgan fingerprint density at radius 2 is 1.38 bits per heavy atom. The van der Waals surface area contributed by atoms with Gasteiger partial charge in [0.1, 0.15) is 17.5 Å². The predicted molar refractivity (Wildman–Crippen MR) is 81.2 cm³/mol. The molecule has 0 heterocycles. The molecule has 0 unspecified atom stereocenters. The lowest BCUT2D eigenvalue weighted by Crippen LogP contribution is -1.88. The Morgan fingerprint density at radius 1 is 0.857 bits per heavy atom. The first-order chi connectivity index (χ1) is 9.81. The van der Waals surface area contributed by atoms with Crippen LogP contribution in [0.3, 0.4) is 0 Å². The Kier molecular flexibility index (Phi) is 6.76. The zero-order valence-corrected chi connectivity index (χ0v) is 13.0. The number of hydrogen-bond donors (Lipinski definition) is 0. The lowest BCUT2D eigenvalue weighted by atomic mass is 10.0. The zero-order chi connectivity index (χ0) is 16.0. The normalized spacial score (nSPS) is 10.3. The highest BCUT2D eigenvalue weighted by atomic mass is 35.5. The van der Waals surface area contributed by atoms with Gasteiger partial charge in [0.2, 0.25) is 0 Å². The molecule has 2 aromatic rings. The van der Waals surface area contributed by atoms with E-state index >= 15 is 0 Å². The fraction of sp³-hybridized carbons (Fsp3) is 0.294. The third-order valence-electron chi connectivity index (χ3n) is 2.88. The number of halogens is 4. The highest BCUT2D eigenvalue weighted by Gasteiger charge is 2.02. The van der Waals surface area contributed by atoms with Crippen LogP contribution in [0, 0.1) is 17.5 Å². The highest BCUT2D eigenvalue weighted by molar-refractivity contribution is 6.30. The van der Waals surface area contributed by atoms with Crippen molar-refractivity contribution in [2.24, 2.45) is 0 Å². The fourth-order valence-electron chi connectivity index (χ4n) is 1.72. The first-order valence-corrected chi connectivity index (χ1v) is 7.10. The molecule has 0 aliphatic carbocycles. The van der Waals surface area contributed by atoms with Gasteiger partial charge in [-0.25, -0.2) is 13.2 Å². The van der Waals surface area contributed by atoms with Crippen LogP contribution in [0.5, 0.6) is 0 Å². The molecule has 114 valence electrons. The van der Waals surface area contributed by atoms with Crippen molar-refractivity contribution < 1.29 is 13.2 Å². The third-order valence-corrected chi connectivity index (χ3v) is 3.10. The van der Waals surface area contributed by atoms with Crippen molar-refractivity contribution in [2.75, 3.05) is 0 Å². The van der Waals surface area contributed by atoms with Crippen LogP contribution in [0.15, 0.2) is 36.4 Å². The van der Waals surface area contributed by atoms with Crippen molar-refractivity contribution in [1.82, 2.24) is 0 Å². The summed E-state index contributed by atoms with van der Waals surface area (Å²) in [5.74, 6) is -0.946. The standard InChI is InChI=1S/C9H10ClF.C8H8F2/c1-6(2)7-3-8(10)5-9(11)4-7;1-2-6-3-7(9)5-8(10)4-6/h3-6H,1-2H3;3-5H,2H2,1H3. The van der Waals surface area contributed by atoms with Crippen LogP contribution in [0.1, 0.15) is 37.8 Å². The van der Waals surface area contributed by atoms with E-state index in [4.69, 9.17) is 11.6 Å². The molecule has 0 saturated heterocycles. The van der Waals surface area contributed by atoms with Gasteiger partial charge >= 0.3 is 0 Å². The van der Waals surface area contributed by atoms with E-state index in [1.54, 1.807) is 6.07 Å². The monoisotopic (exact) mass is 314 g/mol. The van der Waals surface area contributed by atoms with E-state index in [0.29, 0.717) is 22.9 Å². The molecule has 0 radical (unpaired) electrons. The van der Waals surface area contributed by atoms with Crippen LogP contribution in [-0.2, 0) is 6.42 Å². The Balaban J connectivity index is 0.000000211. The molecule has 0 aliphatic heterocycles. The van der Waals surface area contributed by atoms with E-state index in [2.05, 4.69) is 0 Å². The van der Waals surface area contributed by atoms with E-state index in [1.807, 2.05) is 20.8 Å². The minimum Gasteiger partial charge on any atom is -0.207 e. The number of aryl methyl sites for hydroxylation is 1. The molecular formula is C17H18ClF3. The predicted octanol–water partition coefficient (Wildman–Crippen LogP) is 6.13. The maximum atomic E-state index is 12.7. The third kappa shape index (κ3) is 6.21. The van der Waals surface area contributed by atoms with Crippen LogP contribution in [0.4, 0.5) is 13.2 Å². The van der Waals surface area contributed by atoms with Gasteiger partial charge in [-0.3, -0.25) is 0 Å². The lowest BCUT2D eigenvalue weighted by Gasteiger charge is -2.04. The SMILES string of the molecule is CC(C)c1cc(F)cc(Cl)c1.CCc1cc(F)cc(F)c1. The topological polar surface area (TPSA) is 0 Å². The summed E-state index contributed by atoms with van der Waals surface area (Å²) in [6.45, 7) is 5.87. The molecule has 0 bridgehead atoms. The minimum absolute atomic E-state index is 0.263. The summed E-state index contributed by atoms with van der Waals surface area (Å²) < 4.78 is 37.5.